The van der Waals surface area contributed by atoms with Crippen LogP contribution in [-0.4, -0.2) is 39.3 Å². The highest BCUT2D eigenvalue weighted by molar-refractivity contribution is 5.74. The van der Waals surface area contributed by atoms with E-state index in [0.29, 0.717) is 54.9 Å². The fourth-order valence-electron chi connectivity index (χ4n) is 4.62. The van der Waals surface area contributed by atoms with Crippen LogP contribution in [0.1, 0.15) is 35.1 Å². The molecule has 39 heavy (non-hydrogen) atoms. The molecule has 3 N–H and O–H groups in total. The van der Waals surface area contributed by atoms with Crippen molar-refractivity contribution in [3.8, 4) is 23.3 Å². The lowest BCUT2D eigenvalue weighted by Crippen LogP contribution is -2.37. The number of hydrogen-bond acceptors (Lipinski definition) is 9. The summed E-state index contributed by atoms with van der Waals surface area (Å²) in [6.07, 6.45) is 1.00. The van der Waals surface area contributed by atoms with Crippen molar-refractivity contribution in [1.29, 1.82) is 10.5 Å². The average Bonchev–Trinajstić information content (AvgIpc) is 2.95. The number of hydrogen-bond donors (Lipinski definition) is 3. The number of anilines is 5. The Hall–Kier alpha value is -4.99. The first-order valence-corrected chi connectivity index (χ1v) is 12.8. The molecule has 0 saturated carbocycles. The summed E-state index contributed by atoms with van der Waals surface area (Å²) in [6, 6.07) is 23.1. The van der Waals surface area contributed by atoms with Crippen molar-refractivity contribution in [3.63, 3.8) is 0 Å². The van der Waals surface area contributed by atoms with Crippen LogP contribution < -0.4 is 15.5 Å². The molecule has 0 unspecified atom stereocenters. The predicted octanol–water partition coefficient (Wildman–Crippen LogP) is 5.35. The first kappa shape index (κ1) is 25.7. The normalized spacial score (nSPS) is 13.4. The summed E-state index contributed by atoms with van der Waals surface area (Å²) in [4.78, 5) is 16.1. The van der Waals surface area contributed by atoms with Gasteiger partial charge in [-0.05, 0) is 97.5 Å². The molecule has 5 rings (SSSR count). The molecule has 4 aromatic rings. The maximum Gasteiger partial charge on any atom is 0.233 e. The molecule has 0 bridgehead atoms. The van der Waals surface area contributed by atoms with Crippen LogP contribution >= 0.6 is 0 Å². The molecule has 1 aliphatic rings. The third kappa shape index (κ3) is 5.96. The molecule has 0 radical (unpaired) electrons. The van der Waals surface area contributed by atoms with E-state index in [9.17, 15) is 5.11 Å². The molecular formula is C30H28N8O. The fraction of sp³-hybridized carbons (Fsp3) is 0.233. The number of nitriles is 2. The summed E-state index contributed by atoms with van der Waals surface area (Å²) in [5.74, 6) is 1.31. The van der Waals surface area contributed by atoms with Gasteiger partial charge in [-0.15, -0.1) is 0 Å². The van der Waals surface area contributed by atoms with Crippen molar-refractivity contribution in [2.45, 2.75) is 32.8 Å². The van der Waals surface area contributed by atoms with Crippen LogP contribution in [0.4, 0.5) is 29.2 Å². The number of benzene rings is 3. The number of aromatic nitrogens is 3. The predicted molar refractivity (Wildman–Crippen MR) is 151 cm³/mol. The SMILES string of the molecule is Cc1cc(-c2ccc(C#N)cc2)cc(C)c1Nc1nc(Nc2ccc(C#N)cc2)nc(N2CCC(O)CC2)n1. The molecule has 0 amide bonds. The van der Waals surface area contributed by atoms with Crippen molar-refractivity contribution in [2.75, 3.05) is 28.6 Å². The Bertz CT molecular complexity index is 1540. The Morgan fingerprint density at radius 2 is 1.31 bits per heavy atom. The highest BCUT2D eigenvalue weighted by Gasteiger charge is 2.21. The minimum Gasteiger partial charge on any atom is -0.393 e. The Kier molecular flexibility index (Phi) is 7.35. The molecule has 1 aromatic heterocycles. The first-order valence-electron chi connectivity index (χ1n) is 12.8. The Balaban J connectivity index is 1.46. The lowest BCUT2D eigenvalue weighted by molar-refractivity contribution is 0.145. The molecule has 1 fully saturated rings. The number of rotatable bonds is 6. The smallest absolute Gasteiger partial charge is 0.233 e. The second-order valence-corrected chi connectivity index (χ2v) is 9.61. The van der Waals surface area contributed by atoms with Crippen LogP contribution in [0.3, 0.4) is 0 Å². The van der Waals surface area contributed by atoms with Gasteiger partial charge in [0.25, 0.3) is 0 Å². The Labute approximate surface area is 227 Å². The highest BCUT2D eigenvalue weighted by Crippen LogP contribution is 2.31. The van der Waals surface area contributed by atoms with Gasteiger partial charge in [0.05, 0.1) is 29.4 Å². The lowest BCUT2D eigenvalue weighted by atomic mass is 9.98. The van der Waals surface area contributed by atoms with Crippen molar-refractivity contribution in [3.05, 3.63) is 82.9 Å². The molecule has 2 heterocycles. The second kappa shape index (κ2) is 11.2. The van der Waals surface area contributed by atoms with Crippen LogP contribution in [0.25, 0.3) is 11.1 Å². The number of piperidine rings is 1. The van der Waals surface area contributed by atoms with Gasteiger partial charge in [0.15, 0.2) is 0 Å². The van der Waals surface area contributed by atoms with Crippen molar-refractivity contribution >= 4 is 29.2 Å². The van der Waals surface area contributed by atoms with Crippen LogP contribution in [-0.2, 0) is 0 Å². The molecule has 9 heteroatoms. The molecule has 3 aromatic carbocycles. The van der Waals surface area contributed by atoms with Crippen LogP contribution in [0.5, 0.6) is 0 Å². The number of aryl methyl sites for hydroxylation is 2. The molecule has 1 aliphatic heterocycles. The average molecular weight is 517 g/mol. The van der Waals surface area contributed by atoms with E-state index in [1.807, 2.05) is 50.2 Å². The molecule has 0 spiro atoms. The molecule has 9 nitrogen and oxygen atoms in total. The van der Waals surface area contributed by atoms with E-state index in [1.54, 1.807) is 12.1 Å². The van der Waals surface area contributed by atoms with E-state index in [-0.39, 0.29) is 6.10 Å². The summed E-state index contributed by atoms with van der Waals surface area (Å²) in [5.41, 5.74) is 7.01. The Morgan fingerprint density at radius 3 is 1.87 bits per heavy atom. The van der Waals surface area contributed by atoms with Gasteiger partial charge in [-0.25, -0.2) is 0 Å². The zero-order chi connectivity index (χ0) is 27.4. The minimum absolute atomic E-state index is 0.308. The van der Waals surface area contributed by atoms with Crippen molar-refractivity contribution in [2.24, 2.45) is 0 Å². The number of nitrogens with one attached hydrogen (secondary N) is 2. The lowest BCUT2D eigenvalue weighted by Gasteiger charge is -2.29. The zero-order valence-electron chi connectivity index (χ0n) is 21.8. The van der Waals surface area contributed by atoms with Gasteiger partial charge in [0.1, 0.15) is 0 Å². The largest absolute Gasteiger partial charge is 0.393 e. The van der Waals surface area contributed by atoms with E-state index < -0.39 is 0 Å². The van der Waals surface area contributed by atoms with E-state index in [0.717, 1.165) is 33.6 Å². The van der Waals surface area contributed by atoms with E-state index in [2.05, 4.69) is 49.8 Å². The number of nitrogens with zero attached hydrogens (tertiary/aromatic N) is 6. The van der Waals surface area contributed by atoms with Crippen molar-refractivity contribution < 1.29 is 5.11 Å². The molecular weight excluding hydrogens is 488 g/mol. The summed E-state index contributed by atoms with van der Waals surface area (Å²) < 4.78 is 0. The summed E-state index contributed by atoms with van der Waals surface area (Å²) in [7, 11) is 0. The van der Waals surface area contributed by atoms with E-state index in [1.165, 1.54) is 0 Å². The quantitative estimate of drug-likeness (QED) is 0.310. The monoisotopic (exact) mass is 516 g/mol. The maximum atomic E-state index is 9.97. The molecule has 194 valence electrons. The minimum atomic E-state index is -0.308. The van der Waals surface area contributed by atoms with Gasteiger partial charge in [0.2, 0.25) is 17.8 Å². The van der Waals surface area contributed by atoms with Gasteiger partial charge in [0, 0.05) is 24.5 Å². The Morgan fingerprint density at radius 1 is 0.769 bits per heavy atom. The zero-order valence-corrected chi connectivity index (χ0v) is 21.8. The second-order valence-electron chi connectivity index (χ2n) is 9.61. The van der Waals surface area contributed by atoms with Gasteiger partial charge in [-0.1, -0.05) is 12.1 Å². The number of aliphatic hydroxyl groups is 1. The highest BCUT2D eigenvalue weighted by atomic mass is 16.3. The van der Waals surface area contributed by atoms with E-state index >= 15 is 0 Å². The van der Waals surface area contributed by atoms with Crippen molar-refractivity contribution in [1.82, 2.24) is 15.0 Å². The fourth-order valence-corrected chi connectivity index (χ4v) is 4.62. The third-order valence-corrected chi connectivity index (χ3v) is 6.76. The van der Waals surface area contributed by atoms with Crippen LogP contribution in [0.2, 0.25) is 0 Å². The van der Waals surface area contributed by atoms with Crippen LogP contribution in [0.15, 0.2) is 60.7 Å². The summed E-state index contributed by atoms with van der Waals surface area (Å²) >= 11 is 0. The van der Waals surface area contributed by atoms with Gasteiger partial charge < -0.3 is 20.6 Å². The maximum absolute atomic E-state index is 9.97. The summed E-state index contributed by atoms with van der Waals surface area (Å²) in [5, 5.41) is 34.8. The van der Waals surface area contributed by atoms with E-state index in [4.69, 9.17) is 15.5 Å². The molecule has 1 saturated heterocycles. The third-order valence-electron chi connectivity index (χ3n) is 6.76. The molecule has 0 atom stereocenters. The first-order chi connectivity index (χ1) is 18.9. The van der Waals surface area contributed by atoms with Crippen LogP contribution in [0, 0.1) is 36.5 Å². The molecule has 0 aliphatic carbocycles. The van der Waals surface area contributed by atoms with Gasteiger partial charge in [-0.2, -0.15) is 25.5 Å². The summed E-state index contributed by atoms with van der Waals surface area (Å²) in [6.45, 7) is 5.37. The number of aliphatic hydroxyl groups excluding tert-OH is 1. The standard InChI is InChI=1S/C30H28N8O/c1-19-15-24(23-7-3-21(17-31)4-8-23)16-20(2)27(19)34-29-35-28(33-25-9-5-22(18-32)6-10-25)36-30(37-29)38-13-11-26(39)12-14-38/h3-10,15-16,26,39H,11-14H2,1-2H3,(H2,33,34,35,36,37). The topological polar surface area (TPSA) is 134 Å². The van der Waals surface area contributed by atoms with Gasteiger partial charge in [-0.3, -0.25) is 0 Å². The van der Waals surface area contributed by atoms with Gasteiger partial charge >= 0.3 is 0 Å².